The number of benzene rings is 1. The highest BCUT2D eigenvalue weighted by Crippen LogP contribution is 2.38. The van der Waals surface area contributed by atoms with Crippen LogP contribution in [0.1, 0.15) is 60.9 Å². The van der Waals surface area contributed by atoms with Crippen LogP contribution in [0, 0.1) is 0 Å². The third kappa shape index (κ3) is 5.06. The molecule has 2 aromatic rings. The molecule has 2 amide bonds. The summed E-state index contributed by atoms with van der Waals surface area (Å²) in [6.07, 6.45) is 1.39. The highest BCUT2D eigenvalue weighted by atomic mass is 16.7. The second-order valence-corrected chi connectivity index (χ2v) is 9.53. The smallest absolute Gasteiger partial charge is 0.336 e. The second kappa shape index (κ2) is 10.5. The molecule has 0 saturated carbocycles. The molecule has 196 valence electrons. The van der Waals surface area contributed by atoms with Crippen molar-refractivity contribution in [3.05, 3.63) is 70.8 Å². The first-order valence-corrected chi connectivity index (χ1v) is 12.8. The van der Waals surface area contributed by atoms with Gasteiger partial charge in [-0.25, -0.2) is 4.79 Å². The lowest BCUT2D eigenvalue weighted by molar-refractivity contribution is -0.181. The Morgan fingerprint density at radius 3 is 2.43 bits per heavy atom. The van der Waals surface area contributed by atoms with Crippen LogP contribution in [0.5, 0.6) is 0 Å². The number of esters is 1. The van der Waals surface area contributed by atoms with Gasteiger partial charge in [0.25, 0.3) is 5.91 Å². The molecule has 9 heteroatoms. The summed E-state index contributed by atoms with van der Waals surface area (Å²) in [7, 11) is 0. The monoisotopic (exact) mass is 508 g/mol. The lowest BCUT2D eigenvalue weighted by Crippen LogP contribution is -2.47. The van der Waals surface area contributed by atoms with Crippen molar-refractivity contribution in [1.82, 2.24) is 9.80 Å². The molecule has 9 nitrogen and oxygen atoms in total. The van der Waals surface area contributed by atoms with E-state index >= 15 is 0 Å². The SMILES string of the molecule is CCOC(=O)C1=C(C)N(Cc2ccc(C(=O)N3CCC4(CC3)OCCO4)o2)C(=O)CC1c1ccccc1. The number of nitrogens with zero attached hydrogens (tertiary/aromatic N) is 2. The largest absolute Gasteiger partial charge is 0.463 e. The van der Waals surface area contributed by atoms with Gasteiger partial charge >= 0.3 is 5.97 Å². The van der Waals surface area contributed by atoms with Gasteiger partial charge in [0.05, 0.1) is 31.9 Å². The van der Waals surface area contributed by atoms with Crippen LogP contribution >= 0.6 is 0 Å². The van der Waals surface area contributed by atoms with Gasteiger partial charge in [0.2, 0.25) is 5.91 Å². The number of furan rings is 1. The van der Waals surface area contributed by atoms with Gasteiger partial charge in [-0.05, 0) is 31.5 Å². The summed E-state index contributed by atoms with van der Waals surface area (Å²) in [6.45, 7) is 6.08. The van der Waals surface area contributed by atoms with Crippen LogP contribution in [0.3, 0.4) is 0 Å². The maximum absolute atomic E-state index is 13.2. The number of rotatable bonds is 6. The highest BCUT2D eigenvalue weighted by Gasteiger charge is 2.41. The van der Waals surface area contributed by atoms with E-state index in [9.17, 15) is 14.4 Å². The molecule has 3 aliphatic rings. The normalized spacial score (nSPS) is 21.6. The van der Waals surface area contributed by atoms with Crippen LogP contribution in [0.4, 0.5) is 0 Å². The highest BCUT2D eigenvalue weighted by molar-refractivity contribution is 5.96. The fraction of sp³-hybridized carbons (Fsp3) is 0.464. The van der Waals surface area contributed by atoms with E-state index in [1.54, 1.807) is 30.9 Å². The number of piperidine rings is 1. The Balaban J connectivity index is 1.32. The van der Waals surface area contributed by atoms with E-state index in [-0.39, 0.29) is 43.1 Å². The zero-order valence-corrected chi connectivity index (χ0v) is 21.2. The van der Waals surface area contributed by atoms with Crippen LogP contribution in [0.25, 0.3) is 0 Å². The summed E-state index contributed by atoms with van der Waals surface area (Å²) in [5.41, 5.74) is 1.89. The summed E-state index contributed by atoms with van der Waals surface area (Å²) in [4.78, 5) is 42.5. The Hall–Kier alpha value is -3.43. The molecule has 4 heterocycles. The molecular weight excluding hydrogens is 476 g/mol. The van der Waals surface area contributed by atoms with Crippen LogP contribution in [0.2, 0.25) is 0 Å². The van der Waals surface area contributed by atoms with Crippen molar-refractivity contribution in [2.24, 2.45) is 0 Å². The summed E-state index contributed by atoms with van der Waals surface area (Å²) >= 11 is 0. The summed E-state index contributed by atoms with van der Waals surface area (Å²) in [5, 5.41) is 0. The number of likely N-dealkylation sites (tertiary alicyclic amines) is 1. The maximum atomic E-state index is 13.2. The molecule has 1 atom stereocenters. The second-order valence-electron chi connectivity index (χ2n) is 9.53. The van der Waals surface area contributed by atoms with Crippen molar-refractivity contribution >= 4 is 17.8 Å². The van der Waals surface area contributed by atoms with Crippen LogP contribution in [-0.4, -0.2) is 66.3 Å². The molecular formula is C28H32N2O7. The number of carbonyl (C=O) groups excluding carboxylic acids is 3. The first kappa shape index (κ1) is 25.2. The average Bonchev–Trinajstić information content (AvgIpc) is 3.57. The molecule has 37 heavy (non-hydrogen) atoms. The number of amides is 2. The fourth-order valence-electron chi connectivity index (χ4n) is 5.37. The lowest BCUT2D eigenvalue weighted by Gasteiger charge is -2.37. The van der Waals surface area contributed by atoms with E-state index in [1.165, 1.54) is 4.90 Å². The molecule has 1 aromatic carbocycles. The predicted molar refractivity (Wildman–Crippen MR) is 132 cm³/mol. The van der Waals surface area contributed by atoms with E-state index in [0.29, 0.717) is 56.2 Å². The molecule has 2 saturated heterocycles. The van der Waals surface area contributed by atoms with E-state index in [4.69, 9.17) is 18.6 Å². The Morgan fingerprint density at radius 2 is 1.76 bits per heavy atom. The van der Waals surface area contributed by atoms with Crippen molar-refractivity contribution in [1.29, 1.82) is 0 Å². The minimum Gasteiger partial charge on any atom is -0.463 e. The van der Waals surface area contributed by atoms with Gasteiger partial charge in [-0.1, -0.05) is 30.3 Å². The first-order valence-electron chi connectivity index (χ1n) is 12.8. The molecule has 2 fully saturated rings. The van der Waals surface area contributed by atoms with Gasteiger partial charge in [-0.3, -0.25) is 9.59 Å². The summed E-state index contributed by atoms with van der Waals surface area (Å²) in [6, 6.07) is 12.8. The molecule has 1 spiro atoms. The lowest BCUT2D eigenvalue weighted by atomic mass is 9.83. The predicted octanol–water partition coefficient (Wildman–Crippen LogP) is 3.61. The Labute approximate surface area is 215 Å². The van der Waals surface area contributed by atoms with E-state index in [0.717, 1.165) is 5.56 Å². The summed E-state index contributed by atoms with van der Waals surface area (Å²) in [5.74, 6) is -1.01. The molecule has 0 N–H and O–H groups in total. The Morgan fingerprint density at radius 1 is 1.05 bits per heavy atom. The van der Waals surface area contributed by atoms with Crippen molar-refractivity contribution in [3.8, 4) is 0 Å². The zero-order chi connectivity index (χ0) is 26.0. The van der Waals surface area contributed by atoms with E-state index in [1.807, 2.05) is 30.3 Å². The number of allylic oxidation sites excluding steroid dienone is 1. The van der Waals surface area contributed by atoms with Crippen molar-refractivity contribution in [3.63, 3.8) is 0 Å². The van der Waals surface area contributed by atoms with Crippen LogP contribution in [-0.2, 0) is 30.3 Å². The minimum atomic E-state index is -0.558. The number of ether oxygens (including phenoxy) is 3. The van der Waals surface area contributed by atoms with Gasteiger partial charge in [-0.2, -0.15) is 0 Å². The minimum absolute atomic E-state index is 0.118. The van der Waals surface area contributed by atoms with Crippen molar-refractivity contribution < 1.29 is 33.0 Å². The van der Waals surface area contributed by atoms with Gasteiger partial charge in [0, 0.05) is 44.0 Å². The van der Waals surface area contributed by atoms with Gasteiger partial charge < -0.3 is 28.4 Å². The fourth-order valence-corrected chi connectivity index (χ4v) is 5.37. The van der Waals surface area contributed by atoms with Crippen LogP contribution in [0.15, 0.2) is 58.2 Å². The topological polar surface area (TPSA) is 98.5 Å². The number of carbonyl (C=O) groups is 3. The molecule has 3 aliphatic heterocycles. The van der Waals surface area contributed by atoms with Crippen molar-refractivity contribution in [2.45, 2.75) is 51.4 Å². The quantitative estimate of drug-likeness (QED) is 0.550. The Bertz CT molecular complexity index is 1190. The molecule has 1 unspecified atom stereocenters. The molecule has 0 radical (unpaired) electrons. The number of hydrogen-bond acceptors (Lipinski definition) is 7. The van der Waals surface area contributed by atoms with Gasteiger partial charge in [-0.15, -0.1) is 0 Å². The Kier molecular flexibility index (Phi) is 7.17. The molecule has 1 aromatic heterocycles. The molecule has 0 aliphatic carbocycles. The zero-order valence-electron chi connectivity index (χ0n) is 21.2. The van der Waals surface area contributed by atoms with E-state index < -0.39 is 11.8 Å². The number of hydrogen-bond donors (Lipinski definition) is 0. The average molecular weight is 509 g/mol. The van der Waals surface area contributed by atoms with Crippen LogP contribution < -0.4 is 0 Å². The molecule has 0 bridgehead atoms. The van der Waals surface area contributed by atoms with Gasteiger partial charge in [0.1, 0.15) is 5.76 Å². The van der Waals surface area contributed by atoms with E-state index in [2.05, 4.69) is 0 Å². The maximum Gasteiger partial charge on any atom is 0.336 e. The standard InChI is InChI=1S/C28H32N2O7/c1-3-34-27(33)25-19(2)30(24(31)17-22(25)20-7-5-4-6-8-20)18-21-9-10-23(37-21)26(32)29-13-11-28(12-14-29)35-15-16-36-28/h4-10,22H,3,11-18H2,1-2H3. The van der Waals surface area contributed by atoms with Gasteiger partial charge in [0.15, 0.2) is 11.5 Å². The first-order chi connectivity index (χ1) is 17.9. The summed E-state index contributed by atoms with van der Waals surface area (Å²) < 4.78 is 22.7. The third-order valence-electron chi connectivity index (χ3n) is 7.33. The molecule has 5 rings (SSSR count). The third-order valence-corrected chi connectivity index (χ3v) is 7.33. The van der Waals surface area contributed by atoms with Crippen molar-refractivity contribution in [2.75, 3.05) is 32.9 Å².